The monoisotopic (exact) mass is 238 g/mol. The standard InChI is InChI=1S/C12H18N2OS/c1-9(11-3-2-8-16-11)13-7-6-12(15)14-10-4-5-10/h2-3,8-10,13H,4-7H2,1H3,(H,14,15)/t9-/m1/s1. The van der Waals surface area contributed by atoms with Gasteiger partial charge in [-0.15, -0.1) is 11.3 Å². The lowest BCUT2D eigenvalue weighted by atomic mass is 10.2. The third-order valence-corrected chi connectivity index (χ3v) is 3.77. The van der Waals surface area contributed by atoms with E-state index in [0.29, 0.717) is 18.5 Å². The van der Waals surface area contributed by atoms with Gasteiger partial charge in [-0.2, -0.15) is 0 Å². The second kappa shape index (κ2) is 5.46. The predicted molar refractivity (Wildman–Crippen MR) is 66.5 cm³/mol. The highest BCUT2D eigenvalue weighted by molar-refractivity contribution is 7.10. The zero-order valence-corrected chi connectivity index (χ0v) is 10.3. The summed E-state index contributed by atoms with van der Waals surface area (Å²) in [6, 6.07) is 4.99. The minimum Gasteiger partial charge on any atom is -0.353 e. The van der Waals surface area contributed by atoms with Gasteiger partial charge in [-0.05, 0) is 31.2 Å². The number of amides is 1. The summed E-state index contributed by atoms with van der Waals surface area (Å²) in [5.74, 6) is 0.174. The molecule has 1 fully saturated rings. The molecule has 1 atom stereocenters. The van der Waals surface area contributed by atoms with Crippen LogP contribution in [0.2, 0.25) is 0 Å². The van der Waals surface area contributed by atoms with Crippen molar-refractivity contribution in [1.82, 2.24) is 10.6 Å². The first-order valence-electron chi connectivity index (χ1n) is 5.82. The van der Waals surface area contributed by atoms with Crippen molar-refractivity contribution in [3.05, 3.63) is 22.4 Å². The molecular formula is C12H18N2OS. The largest absolute Gasteiger partial charge is 0.353 e. The predicted octanol–water partition coefficient (Wildman–Crippen LogP) is 2.07. The van der Waals surface area contributed by atoms with Crippen LogP contribution in [-0.4, -0.2) is 18.5 Å². The zero-order chi connectivity index (χ0) is 11.4. The van der Waals surface area contributed by atoms with Crippen molar-refractivity contribution in [3.63, 3.8) is 0 Å². The second-order valence-corrected chi connectivity index (χ2v) is 5.26. The molecule has 1 aliphatic carbocycles. The minimum atomic E-state index is 0.174. The highest BCUT2D eigenvalue weighted by atomic mass is 32.1. The maximum absolute atomic E-state index is 11.4. The van der Waals surface area contributed by atoms with Crippen molar-refractivity contribution in [1.29, 1.82) is 0 Å². The quantitative estimate of drug-likeness (QED) is 0.796. The lowest BCUT2D eigenvalue weighted by Gasteiger charge is -2.11. The van der Waals surface area contributed by atoms with Crippen molar-refractivity contribution in [3.8, 4) is 0 Å². The topological polar surface area (TPSA) is 41.1 Å². The maximum atomic E-state index is 11.4. The Morgan fingerprint density at radius 1 is 1.62 bits per heavy atom. The molecule has 3 nitrogen and oxygen atoms in total. The summed E-state index contributed by atoms with van der Waals surface area (Å²) in [6.45, 7) is 2.88. The van der Waals surface area contributed by atoms with E-state index in [0.717, 1.165) is 19.4 Å². The van der Waals surface area contributed by atoms with E-state index < -0.39 is 0 Å². The van der Waals surface area contributed by atoms with Crippen LogP contribution >= 0.6 is 11.3 Å². The summed E-state index contributed by atoms with van der Waals surface area (Å²) in [4.78, 5) is 12.7. The number of hydrogen-bond acceptors (Lipinski definition) is 3. The molecule has 0 aliphatic heterocycles. The van der Waals surface area contributed by atoms with Crippen LogP contribution in [-0.2, 0) is 4.79 Å². The molecule has 1 aromatic heterocycles. The van der Waals surface area contributed by atoms with E-state index in [2.05, 4.69) is 35.1 Å². The maximum Gasteiger partial charge on any atom is 0.221 e. The summed E-state index contributed by atoms with van der Waals surface area (Å²) in [5.41, 5.74) is 0. The molecular weight excluding hydrogens is 220 g/mol. The molecule has 4 heteroatoms. The van der Waals surface area contributed by atoms with Crippen molar-refractivity contribution < 1.29 is 4.79 Å². The van der Waals surface area contributed by atoms with Gasteiger partial charge in [0.05, 0.1) is 0 Å². The first-order chi connectivity index (χ1) is 7.75. The molecule has 0 unspecified atom stereocenters. The van der Waals surface area contributed by atoms with Gasteiger partial charge in [0.15, 0.2) is 0 Å². The SMILES string of the molecule is C[C@@H](NCCC(=O)NC1CC1)c1cccs1. The Morgan fingerprint density at radius 2 is 2.44 bits per heavy atom. The molecule has 1 heterocycles. The van der Waals surface area contributed by atoms with Crippen LogP contribution in [0.25, 0.3) is 0 Å². The molecule has 88 valence electrons. The molecule has 1 aliphatic rings. The van der Waals surface area contributed by atoms with Crippen LogP contribution in [0.4, 0.5) is 0 Å². The lowest BCUT2D eigenvalue weighted by molar-refractivity contribution is -0.121. The smallest absolute Gasteiger partial charge is 0.221 e. The van der Waals surface area contributed by atoms with Crippen molar-refractivity contribution >= 4 is 17.2 Å². The molecule has 2 N–H and O–H groups in total. The number of carbonyl (C=O) groups is 1. The van der Waals surface area contributed by atoms with Crippen molar-refractivity contribution in [2.24, 2.45) is 0 Å². The minimum absolute atomic E-state index is 0.174. The molecule has 0 aromatic carbocycles. The van der Waals surface area contributed by atoms with Gasteiger partial charge >= 0.3 is 0 Å². The van der Waals surface area contributed by atoms with Crippen molar-refractivity contribution in [2.75, 3.05) is 6.54 Å². The van der Waals surface area contributed by atoms with E-state index >= 15 is 0 Å². The normalized spacial score (nSPS) is 17.1. The van der Waals surface area contributed by atoms with Crippen LogP contribution in [0.1, 0.15) is 37.1 Å². The number of rotatable bonds is 6. The Labute approximate surface area is 100 Å². The Balaban J connectivity index is 1.61. The molecule has 0 radical (unpaired) electrons. The van der Waals surface area contributed by atoms with Gasteiger partial charge in [0.1, 0.15) is 0 Å². The molecule has 0 spiro atoms. The molecule has 2 rings (SSSR count). The van der Waals surface area contributed by atoms with Crippen LogP contribution in [0, 0.1) is 0 Å². The number of thiophene rings is 1. The molecule has 0 saturated heterocycles. The van der Waals surface area contributed by atoms with Crippen LogP contribution in [0.3, 0.4) is 0 Å². The fourth-order valence-corrected chi connectivity index (χ4v) is 2.33. The second-order valence-electron chi connectivity index (χ2n) is 4.28. The first kappa shape index (κ1) is 11.6. The third-order valence-electron chi connectivity index (χ3n) is 2.72. The average molecular weight is 238 g/mol. The molecule has 1 saturated carbocycles. The van der Waals surface area contributed by atoms with Gasteiger partial charge in [0.25, 0.3) is 0 Å². The average Bonchev–Trinajstić information content (AvgIpc) is 2.90. The Bertz CT molecular complexity index is 333. The van der Waals surface area contributed by atoms with Crippen LogP contribution in [0.15, 0.2) is 17.5 Å². The highest BCUT2D eigenvalue weighted by Crippen LogP contribution is 2.19. The fourth-order valence-electron chi connectivity index (χ4n) is 1.57. The van der Waals surface area contributed by atoms with Gasteiger partial charge in [-0.3, -0.25) is 4.79 Å². The Hall–Kier alpha value is -0.870. The number of hydrogen-bond donors (Lipinski definition) is 2. The van der Waals surface area contributed by atoms with E-state index in [1.165, 1.54) is 4.88 Å². The molecule has 1 amide bonds. The summed E-state index contributed by atoms with van der Waals surface area (Å²) in [7, 11) is 0. The van der Waals surface area contributed by atoms with Gasteiger partial charge in [0.2, 0.25) is 5.91 Å². The van der Waals surface area contributed by atoms with Gasteiger partial charge in [0, 0.05) is 29.9 Å². The van der Waals surface area contributed by atoms with Crippen LogP contribution in [0.5, 0.6) is 0 Å². The Morgan fingerprint density at radius 3 is 3.06 bits per heavy atom. The number of carbonyl (C=O) groups excluding carboxylic acids is 1. The highest BCUT2D eigenvalue weighted by Gasteiger charge is 2.22. The summed E-state index contributed by atoms with van der Waals surface area (Å²) < 4.78 is 0. The van der Waals surface area contributed by atoms with Crippen molar-refractivity contribution in [2.45, 2.75) is 38.3 Å². The fraction of sp³-hybridized carbons (Fsp3) is 0.583. The van der Waals surface area contributed by atoms with Gasteiger partial charge < -0.3 is 10.6 Å². The van der Waals surface area contributed by atoms with Gasteiger partial charge in [-0.1, -0.05) is 6.07 Å². The molecule has 0 bridgehead atoms. The van der Waals surface area contributed by atoms with E-state index in [1.807, 2.05) is 0 Å². The lowest BCUT2D eigenvalue weighted by Crippen LogP contribution is -2.29. The molecule has 1 aromatic rings. The Kier molecular flexibility index (Phi) is 3.96. The summed E-state index contributed by atoms with van der Waals surface area (Å²) in [5, 5.41) is 8.42. The zero-order valence-electron chi connectivity index (χ0n) is 9.53. The third kappa shape index (κ3) is 3.61. The van der Waals surface area contributed by atoms with E-state index in [9.17, 15) is 4.79 Å². The van der Waals surface area contributed by atoms with E-state index in [-0.39, 0.29) is 5.91 Å². The summed E-state index contributed by atoms with van der Waals surface area (Å²) >= 11 is 1.75. The van der Waals surface area contributed by atoms with Crippen LogP contribution < -0.4 is 10.6 Å². The van der Waals surface area contributed by atoms with E-state index in [4.69, 9.17) is 0 Å². The summed E-state index contributed by atoms with van der Waals surface area (Å²) in [6.07, 6.45) is 2.89. The number of nitrogens with one attached hydrogen (secondary N) is 2. The van der Waals surface area contributed by atoms with E-state index in [1.54, 1.807) is 11.3 Å². The first-order valence-corrected chi connectivity index (χ1v) is 6.70. The molecule has 16 heavy (non-hydrogen) atoms. The van der Waals surface area contributed by atoms with Gasteiger partial charge in [-0.25, -0.2) is 0 Å².